The Morgan fingerprint density at radius 3 is 2.60 bits per heavy atom. The number of nitrogens with two attached hydrogens (primary N) is 1. The number of nitrogen functional groups attached to an aromatic ring is 1. The Morgan fingerprint density at radius 1 is 1.53 bits per heavy atom. The summed E-state index contributed by atoms with van der Waals surface area (Å²) in [4.78, 5) is 15.6. The number of anilines is 1. The highest BCUT2D eigenvalue weighted by atomic mass is 127. The van der Waals surface area contributed by atoms with Gasteiger partial charge in [0.25, 0.3) is 0 Å². The summed E-state index contributed by atoms with van der Waals surface area (Å²) in [7, 11) is 0. The molecule has 1 aromatic heterocycles. The first-order valence-electron chi connectivity index (χ1n) is 4.44. The number of pyridine rings is 1. The fourth-order valence-electron chi connectivity index (χ4n) is 0.929. The molecule has 15 heavy (non-hydrogen) atoms. The summed E-state index contributed by atoms with van der Waals surface area (Å²) in [5.74, 6) is -0.424. The van der Waals surface area contributed by atoms with Crippen LogP contribution in [0.2, 0.25) is 0 Å². The number of carbonyl (C=O) groups is 1. The molecule has 1 aromatic rings. The topological polar surface area (TPSA) is 65.2 Å². The third-order valence-electron chi connectivity index (χ3n) is 1.45. The van der Waals surface area contributed by atoms with Gasteiger partial charge in [0, 0.05) is 3.57 Å². The molecule has 0 aliphatic carbocycles. The first kappa shape index (κ1) is 12.2. The molecule has 2 N–H and O–H groups in total. The van der Waals surface area contributed by atoms with Gasteiger partial charge in [0.1, 0.15) is 5.60 Å². The van der Waals surface area contributed by atoms with E-state index in [4.69, 9.17) is 10.5 Å². The molecular formula is C10H13IN2O2. The molecule has 0 saturated carbocycles. The van der Waals surface area contributed by atoms with Gasteiger partial charge in [-0.15, -0.1) is 0 Å². The smallest absolute Gasteiger partial charge is 0.358 e. The molecule has 0 unspecified atom stereocenters. The Hall–Kier alpha value is -0.850. The number of nitrogens with zero attached hydrogens (tertiary/aromatic N) is 1. The van der Waals surface area contributed by atoms with Crippen molar-refractivity contribution in [3.63, 3.8) is 0 Å². The molecule has 4 nitrogen and oxygen atoms in total. The zero-order valence-electron chi connectivity index (χ0n) is 8.87. The van der Waals surface area contributed by atoms with Crippen LogP contribution in [0.15, 0.2) is 12.3 Å². The fourth-order valence-corrected chi connectivity index (χ4v) is 1.65. The lowest BCUT2D eigenvalue weighted by Crippen LogP contribution is -2.25. The summed E-state index contributed by atoms with van der Waals surface area (Å²) >= 11 is 2.01. The first-order valence-corrected chi connectivity index (χ1v) is 5.52. The van der Waals surface area contributed by atoms with E-state index in [9.17, 15) is 4.79 Å². The molecule has 0 spiro atoms. The van der Waals surface area contributed by atoms with Gasteiger partial charge >= 0.3 is 5.97 Å². The van der Waals surface area contributed by atoms with Crippen molar-refractivity contribution in [3.8, 4) is 0 Å². The largest absolute Gasteiger partial charge is 0.455 e. The summed E-state index contributed by atoms with van der Waals surface area (Å²) in [5, 5.41) is 0. The molecule has 1 rings (SSSR count). The fraction of sp³-hybridized carbons (Fsp3) is 0.400. The summed E-state index contributed by atoms with van der Waals surface area (Å²) in [6, 6.07) is 1.69. The lowest BCUT2D eigenvalue weighted by Gasteiger charge is -2.19. The number of halogens is 1. The Morgan fingerprint density at radius 2 is 2.13 bits per heavy atom. The van der Waals surface area contributed by atoms with E-state index in [0.29, 0.717) is 15.0 Å². The van der Waals surface area contributed by atoms with Crippen LogP contribution in [-0.4, -0.2) is 16.6 Å². The molecule has 0 atom stereocenters. The number of ether oxygens (including phenoxy) is 1. The zero-order valence-corrected chi connectivity index (χ0v) is 11.0. The monoisotopic (exact) mass is 320 g/mol. The number of carbonyl (C=O) groups excluding carboxylic acids is 1. The normalized spacial score (nSPS) is 11.2. The molecule has 0 amide bonds. The van der Waals surface area contributed by atoms with Gasteiger partial charge < -0.3 is 10.5 Å². The molecule has 0 aromatic carbocycles. The average molecular weight is 320 g/mol. The van der Waals surface area contributed by atoms with Gasteiger partial charge in [-0.25, -0.2) is 9.78 Å². The number of aromatic nitrogens is 1. The highest BCUT2D eigenvalue weighted by Gasteiger charge is 2.20. The van der Waals surface area contributed by atoms with Crippen molar-refractivity contribution in [2.75, 3.05) is 5.73 Å². The van der Waals surface area contributed by atoms with E-state index in [2.05, 4.69) is 4.98 Å². The van der Waals surface area contributed by atoms with Crippen molar-refractivity contribution in [1.29, 1.82) is 0 Å². The Bertz CT molecular complexity index is 385. The van der Waals surface area contributed by atoms with Crippen molar-refractivity contribution in [2.24, 2.45) is 0 Å². The van der Waals surface area contributed by atoms with Crippen LogP contribution in [0.4, 0.5) is 5.69 Å². The van der Waals surface area contributed by atoms with E-state index in [1.807, 2.05) is 43.4 Å². The van der Waals surface area contributed by atoms with Gasteiger partial charge in [-0.05, 0) is 49.4 Å². The Balaban J connectivity index is 2.92. The highest BCUT2D eigenvalue weighted by Crippen LogP contribution is 2.17. The third kappa shape index (κ3) is 3.65. The van der Waals surface area contributed by atoms with Crippen molar-refractivity contribution in [2.45, 2.75) is 26.4 Å². The van der Waals surface area contributed by atoms with Gasteiger partial charge in [0.05, 0.1) is 11.9 Å². The standard InChI is InChI=1S/C10H13IN2O2/c1-10(2,3)15-9(14)8-7(11)4-6(12)5-13-8/h4-5H,12H2,1-3H3. The van der Waals surface area contributed by atoms with Crippen LogP contribution < -0.4 is 5.73 Å². The zero-order chi connectivity index (χ0) is 11.6. The molecule has 5 heteroatoms. The quantitative estimate of drug-likeness (QED) is 0.636. The van der Waals surface area contributed by atoms with E-state index in [1.54, 1.807) is 6.07 Å². The molecule has 0 fully saturated rings. The molecule has 0 radical (unpaired) electrons. The predicted octanol–water partition coefficient (Wildman–Crippen LogP) is 2.22. The molecule has 0 aliphatic heterocycles. The van der Waals surface area contributed by atoms with Crippen LogP contribution in [0.3, 0.4) is 0 Å². The molecule has 0 aliphatic rings. The SMILES string of the molecule is CC(C)(C)OC(=O)c1ncc(N)cc1I. The number of hydrogen-bond donors (Lipinski definition) is 1. The summed E-state index contributed by atoms with van der Waals surface area (Å²) in [5.41, 5.74) is 5.86. The summed E-state index contributed by atoms with van der Waals surface area (Å²) < 4.78 is 5.89. The molecule has 82 valence electrons. The van der Waals surface area contributed by atoms with Crippen LogP contribution in [-0.2, 0) is 4.74 Å². The number of rotatable bonds is 1. The minimum absolute atomic E-state index is 0.305. The van der Waals surface area contributed by atoms with Crippen LogP contribution >= 0.6 is 22.6 Å². The van der Waals surface area contributed by atoms with Crippen molar-refractivity contribution in [3.05, 3.63) is 21.5 Å². The van der Waals surface area contributed by atoms with E-state index < -0.39 is 11.6 Å². The molecule has 0 saturated heterocycles. The molecule has 0 bridgehead atoms. The van der Waals surface area contributed by atoms with Crippen molar-refractivity contribution >= 4 is 34.2 Å². The maximum atomic E-state index is 11.7. The second-order valence-corrected chi connectivity index (χ2v) is 5.26. The average Bonchev–Trinajstić information content (AvgIpc) is 1.99. The lowest BCUT2D eigenvalue weighted by molar-refractivity contribution is 0.00616. The second kappa shape index (κ2) is 4.34. The summed E-state index contributed by atoms with van der Waals surface area (Å²) in [6.45, 7) is 5.44. The van der Waals surface area contributed by atoms with Gasteiger partial charge in [-0.3, -0.25) is 0 Å². The van der Waals surface area contributed by atoms with Crippen LogP contribution in [0.25, 0.3) is 0 Å². The maximum Gasteiger partial charge on any atom is 0.358 e. The van der Waals surface area contributed by atoms with E-state index in [-0.39, 0.29) is 0 Å². The third-order valence-corrected chi connectivity index (χ3v) is 2.28. The Labute approximate surface area is 102 Å². The first-order chi connectivity index (χ1) is 6.79. The Kier molecular flexibility index (Phi) is 3.54. The van der Waals surface area contributed by atoms with Crippen LogP contribution in [0.1, 0.15) is 31.3 Å². The van der Waals surface area contributed by atoms with Gasteiger partial charge in [-0.1, -0.05) is 0 Å². The highest BCUT2D eigenvalue weighted by molar-refractivity contribution is 14.1. The van der Waals surface area contributed by atoms with Crippen LogP contribution in [0, 0.1) is 3.57 Å². The van der Waals surface area contributed by atoms with Crippen molar-refractivity contribution < 1.29 is 9.53 Å². The predicted molar refractivity (Wildman–Crippen MR) is 66.5 cm³/mol. The number of hydrogen-bond acceptors (Lipinski definition) is 4. The minimum Gasteiger partial charge on any atom is -0.455 e. The minimum atomic E-state index is -0.511. The van der Waals surface area contributed by atoms with Gasteiger partial charge in [-0.2, -0.15) is 0 Å². The van der Waals surface area contributed by atoms with E-state index in [1.165, 1.54) is 6.20 Å². The van der Waals surface area contributed by atoms with Gasteiger partial charge in [0.2, 0.25) is 0 Å². The van der Waals surface area contributed by atoms with Gasteiger partial charge in [0.15, 0.2) is 5.69 Å². The summed E-state index contributed by atoms with van der Waals surface area (Å²) in [6.07, 6.45) is 1.45. The number of esters is 1. The lowest BCUT2D eigenvalue weighted by atomic mass is 10.2. The molecule has 1 heterocycles. The van der Waals surface area contributed by atoms with E-state index >= 15 is 0 Å². The molecular weight excluding hydrogens is 307 g/mol. The van der Waals surface area contributed by atoms with E-state index in [0.717, 1.165) is 0 Å². The van der Waals surface area contributed by atoms with Crippen LogP contribution in [0.5, 0.6) is 0 Å². The second-order valence-electron chi connectivity index (χ2n) is 4.10. The maximum absolute atomic E-state index is 11.7. The van der Waals surface area contributed by atoms with Crippen molar-refractivity contribution in [1.82, 2.24) is 4.98 Å².